The SMILES string of the molecule is C[C@H]1CCCCN1CCCNC(=O)c1cc(S(=O)(=O)N2CCCCCC2)ccc1Cl. The predicted octanol–water partition coefficient (Wildman–Crippen LogP) is 3.90. The summed E-state index contributed by atoms with van der Waals surface area (Å²) in [5.41, 5.74) is 0.221. The first-order valence-corrected chi connectivity index (χ1v) is 13.0. The van der Waals surface area contributed by atoms with E-state index in [4.69, 9.17) is 11.6 Å². The number of piperidine rings is 1. The van der Waals surface area contributed by atoms with Crippen LogP contribution < -0.4 is 5.32 Å². The molecule has 0 saturated carbocycles. The molecule has 8 heteroatoms. The third-order valence-electron chi connectivity index (χ3n) is 6.23. The zero-order valence-electron chi connectivity index (χ0n) is 17.9. The topological polar surface area (TPSA) is 69.7 Å². The lowest BCUT2D eigenvalue weighted by molar-refractivity contribution is 0.0949. The number of carbonyl (C=O) groups excluding carboxylic acids is 1. The summed E-state index contributed by atoms with van der Waals surface area (Å²) in [5.74, 6) is -0.320. The van der Waals surface area contributed by atoms with E-state index in [0.717, 1.165) is 45.2 Å². The molecule has 3 rings (SSSR count). The average molecular weight is 456 g/mol. The van der Waals surface area contributed by atoms with Gasteiger partial charge >= 0.3 is 0 Å². The number of likely N-dealkylation sites (tertiary alicyclic amines) is 1. The van der Waals surface area contributed by atoms with Crippen LogP contribution in [-0.4, -0.2) is 62.3 Å². The zero-order valence-corrected chi connectivity index (χ0v) is 19.5. The van der Waals surface area contributed by atoms with Gasteiger partial charge in [0.2, 0.25) is 10.0 Å². The highest BCUT2D eigenvalue weighted by atomic mass is 35.5. The first-order valence-electron chi connectivity index (χ1n) is 11.2. The molecule has 0 spiro atoms. The van der Waals surface area contributed by atoms with Crippen molar-refractivity contribution in [1.82, 2.24) is 14.5 Å². The van der Waals surface area contributed by atoms with Crippen molar-refractivity contribution in [3.63, 3.8) is 0 Å². The van der Waals surface area contributed by atoms with Crippen LogP contribution in [0.15, 0.2) is 23.1 Å². The second-order valence-electron chi connectivity index (χ2n) is 8.45. The summed E-state index contributed by atoms with van der Waals surface area (Å²) in [7, 11) is -3.62. The zero-order chi connectivity index (χ0) is 21.6. The van der Waals surface area contributed by atoms with Gasteiger partial charge in [-0.2, -0.15) is 4.31 Å². The van der Waals surface area contributed by atoms with Crippen LogP contribution in [0, 0.1) is 0 Å². The monoisotopic (exact) mass is 455 g/mol. The van der Waals surface area contributed by atoms with Gasteiger partial charge in [-0.1, -0.05) is 30.9 Å². The second-order valence-corrected chi connectivity index (χ2v) is 10.8. The number of carbonyl (C=O) groups is 1. The minimum atomic E-state index is -3.62. The minimum absolute atomic E-state index is 0.140. The highest BCUT2D eigenvalue weighted by Crippen LogP contribution is 2.25. The van der Waals surface area contributed by atoms with Gasteiger partial charge in [-0.3, -0.25) is 4.79 Å². The molecule has 0 aliphatic carbocycles. The Bertz CT molecular complexity index is 823. The van der Waals surface area contributed by atoms with E-state index in [1.165, 1.54) is 41.8 Å². The van der Waals surface area contributed by atoms with Crippen molar-refractivity contribution in [2.24, 2.45) is 0 Å². The van der Waals surface area contributed by atoms with Crippen molar-refractivity contribution in [2.75, 3.05) is 32.7 Å². The molecule has 6 nitrogen and oxygen atoms in total. The molecular formula is C22H34ClN3O3S. The summed E-state index contributed by atoms with van der Waals surface area (Å²) in [5, 5.41) is 3.17. The van der Waals surface area contributed by atoms with E-state index in [1.54, 1.807) is 0 Å². The summed E-state index contributed by atoms with van der Waals surface area (Å²) in [4.78, 5) is 15.3. The molecule has 1 aromatic carbocycles. The van der Waals surface area contributed by atoms with Gasteiger partial charge in [-0.05, 0) is 63.8 Å². The molecule has 168 valence electrons. The summed E-state index contributed by atoms with van der Waals surface area (Å²) >= 11 is 6.23. The third-order valence-corrected chi connectivity index (χ3v) is 8.46. The van der Waals surface area contributed by atoms with Crippen LogP contribution in [0.3, 0.4) is 0 Å². The second kappa shape index (κ2) is 10.9. The van der Waals surface area contributed by atoms with Crippen molar-refractivity contribution >= 4 is 27.5 Å². The summed E-state index contributed by atoms with van der Waals surface area (Å²) < 4.78 is 27.6. The number of hydrogen-bond acceptors (Lipinski definition) is 4. The molecule has 2 aliphatic rings. The van der Waals surface area contributed by atoms with Crippen LogP contribution in [-0.2, 0) is 10.0 Å². The largest absolute Gasteiger partial charge is 0.352 e. The van der Waals surface area contributed by atoms with Crippen LogP contribution >= 0.6 is 11.6 Å². The van der Waals surface area contributed by atoms with E-state index in [1.807, 2.05) is 0 Å². The molecule has 2 fully saturated rings. The van der Waals surface area contributed by atoms with E-state index in [9.17, 15) is 13.2 Å². The van der Waals surface area contributed by atoms with Gasteiger partial charge in [0.05, 0.1) is 15.5 Å². The molecule has 2 heterocycles. The molecule has 30 heavy (non-hydrogen) atoms. The van der Waals surface area contributed by atoms with E-state index >= 15 is 0 Å². The van der Waals surface area contributed by atoms with Gasteiger partial charge in [0.15, 0.2) is 0 Å². The number of nitrogens with one attached hydrogen (secondary N) is 1. The van der Waals surface area contributed by atoms with E-state index in [2.05, 4.69) is 17.1 Å². The minimum Gasteiger partial charge on any atom is -0.352 e. The molecular weight excluding hydrogens is 422 g/mol. The van der Waals surface area contributed by atoms with E-state index < -0.39 is 10.0 Å². The Kier molecular flexibility index (Phi) is 8.57. The lowest BCUT2D eigenvalue weighted by Gasteiger charge is -2.33. The number of nitrogens with zero attached hydrogens (tertiary/aromatic N) is 2. The highest BCUT2D eigenvalue weighted by molar-refractivity contribution is 7.89. The first-order chi connectivity index (χ1) is 14.4. The van der Waals surface area contributed by atoms with Gasteiger partial charge in [0, 0.05) is 32.2 Å². The fourth-order valence-electron chi connectivity index (χ4n) is 4.34. The quantitative estimate of drug-likeness (QED) is 0.633. The van der Waals surface area contributed by atoms with Crippen molar-refractivity contribution in [3.05, 3.63) is 28.8 Å². The predicted molar refractivity (Wildman–Crippen MR) is 121 cm³/mol. The van der Waals surface area contributed by atoms with E-state index in [0.29, 0.717) is 25.7 Å². The Balaban J connectivity index is 1.60. The summed E-state index contributed by atoms with van der Waals surface area (Å²) in [6.45, 7) is 5.94. The van der Waals surface area contributed by atoms with Crippen LogP contribution in [0.25, 0.3) is 0 Å². The van der Waals surface area contributed by atoms with Crippen LogP contribution in [0.5, 0.6) is 0 Å². The highest BCUT2D eigenvalue weighted by Gasteiger charge is 2.26. The molecule has 0 aromatic heterocycles. The molecule has 2 saturated heterocycles. The Morgan fingerprint density at radius 2 is 1.80 bits per heavy atom. The lowest BCUT2D eigenvalue weighted by Crippen LogP contribution is -2.39. The Hall–Kier alpha value is -1.15. The molecule has 0 unspecified atom stereocenters. The maximum atomic E-state index is 13.0. The number of hydrogen-bond donors (Lipinski definition) is 1. The Morgan fingerprint density at radius 1 is 1.10 bits per heavy atom. The van der Waals surface area contributed by atoms with Gasteiger partial charge in [-0.15, -0.1) is 0 Å². The van der Waals surface area contributed by atoms with Crippen molar-refractivity contribution < 1.29 is 13.2 Å². The summed E-state index contributed by atoms with van der Waals surface area (Å²) in [6, 6.07) is 5.03. The number of rotatable bonds is 7. The number of amides is 1. The molecule has 1 aromatic rings. The number of benzene rings is 1. The van der Waals surface area contributed by atoms with Gasteiger partial charge in [0.1, 0.15) is 0 Å². The van der Waals surface area contributed by atoms with Gasteiger partial charge in [-0.25, -0.2) is 8.42 Å². The standard InChI is InChI=1S/C22H34ClN3O3S/c1-18-9-4-7-13-25(18)14-8-12-24-22(27)20-17-19(10-11-21(20)23)30(28,29)26-15-5-2-3-6-16-26/h10-11,17-18H,2-9,12-16H2,1H3,(H,24,27)/t18-/m0/s1. The number of sulfonamides is 1. The molecule has 1 N–H and O–H groups in total. The fraction of sp³-hybridized carbons (Fsp3) is 0.682. The summed E-state index contributed by atoms with van der Waals surface area (Å²) in [6.07, 6.45) is 8.48. The smallest absolute Gasteiger partial charge is 0.252 e. The molecule has 1 atom stereocenters. The average Bonchev–Trinajstić information content (AvgIpc) is 3.02. The molecule has 0 bridgehead atoms. The molecule has 1 amide bonds. The van der Waals surface area contributed by atoms with Crippen LogP contribution in [0.4, 0.5) is 0 Å². The van der Waals surface area contributed by atoms with Gasteiger partial charge in [0.25, 0.3) is 5.91 Å². The maximum absolute atomic E-state index is 13.0. The van der Waals surface area contributed by atoms with Crippen LogP contribution in [0.2, 0.25) is 5.02 Å². The molecule has 0 radical (unpaired) electrons. The van der Waals surface area contributed by atoms with Gasteiger partial charge < -0.3 is 10.2 Å². The fourth-order valence-corrected chi connectivity index (χ4v) is 6.09. The number of halogens is 1. The van der Waals surface area contributed by atoms with E-state index in [-0.39, 0.29) is 21.4 Å². The Morgan fingerprint density at radius 3 is 2.50 bits per heavy atom. The maximum Gasteiger partial charge on any atom is 0.252 e. The van der Waals surface area contributed by atoms with Crippen LogP contribution in [0.1, 0.15) is 68.6 Å². The third kappa shape index (κ3) is 5.96. The Labute approximate surface area is 186 Å². The normalized spacial score (nSPS) is 21.9. The van der Waals surface area contributed by atoms with Crippen molar-refractivity contribution in [2.45, 2.75) is 69.2 Å². The lowest BCUT2D eigenvalue weighted by atomic mass is 10.0. The first kappa shape index (κ1) is 23.5. The molecule has 2 aliphatic heterocycles. The van der Waals surface area contributed by atoms with Crippen molar-refractivity contribution in [3.8, 4) is 0 Å². The van der Waals surface area contributed by atoms with Crippen molar-refractivity contribution in [1.29, 1.82) is 0 Å².